The Labute approximate surface area is 101 Å². The first-order chi connectivity index (χ1) is 7.99. The van der Waals surface area contributed by atoms with Crippen LogP contribution in [0.15, 0.2) is 24.3 Å². The summed E-state index contributed by atoms with van der Waals surface area (Å²) >= 11 is 0. The molecule has 94 valence electrons. The summed E-state index contributed by atoms with van der Waals surface area (Å²) < 4.78 is 12.9. The number of halogens is 1. The molecule has 0 aliphatic heterocycles. The lowest BCUT2D eigenvalue weighted by Crippen LogP contribution is -2.34. The Bertz CT molecular complexity index is 381. The summed E-state index contributed by atoms with van der Waals surface area (Å²) in [7, 11) is 1.78. The fourth-order valence-corrected chi connectivity index (χ4v) is 1.66. The highest BCUT2D eigenvalue weighted by Gasteiger charge is 2.12. The van der Waals surface area contributed by atoms with Gasteiger partial charge in [-0.1, -0.05) is 12.1 Å². The second-order valence-corrected chi connectivity index (χ2v) is 4.33. The number of carbonyl (C=O) groups is 1. The van der Waals surface area contributed by atoms with Crippen molar-refractivity contribution in [3.63, 3.8) is 0 Å². The minimum absolute atomic E-state index is 0.0321. The first-order valence-corrected chi connectivity index (χ1v) is 5.65. The summed E-state index contributed by atoms with van der Waals surface area (Å²) in [5, 5.41) is 8.66. The average molecular weight is 239 g/mol. The SMILES string of the molecule is CC(CCc1cccc(F)c1)N(C)CC(=O)O. The highest BCUT2D eigenvalue weighted by molar-refractivity contribution is 5.69. The predicted octanol–water partition coefficient (Wildman–Crippen LogP) is 2.16. The Morgan fingerprint density at radius 3 is 2.82 bits per heavy atom. The molecule has 0 aliphatic rings. The quantitative estimate of drug-likeness (QED) is 0.827. The summed E-state index contributed by atoms with van der Waals surface area (Å²) in [5.41, 5.74) is 0.945. The van der Waals surface area contributed by atoms with Gasteiger partial charge in [0, 0.05) is 6.04 Å². The van der Waals surface area contributed by atoms with E-state index in [0.717, 1.165) is 18.4 Å². The number of hydrogen-bond donors (Lipinski definition) is 1. The predicted molar refractivity (Wildman–Crippen MR) is 64.4 cm³/mol. The van der Waals surface area contributed by atoms with Crippen LogP contribution in [0.5, 0.6) is 0 Å². The van der Waals surface area contributed by atoms with Crippen molar-refractivity contribution in [3.05, 3.63) is 35.6 Å². The standard InChI is InChI=1S/C13H18FNO2/c1-10(15(2)9-13(16)17)6-7-11-4-3-5-12(14)8-11/h3-5,8,10H,6-7,9H2,1-2H3,(H,16,17). The monoisotopic (exact) mass is 239 g/mol. The number of aryl methyl sites for hydroxylation is 1. The zero-order valence-electron chi connectivity index (χ0n) is 10.2. The van der Waals surface area contributed by atoms with Crippen LogP contribution >= 0.6 is 0 Å². The summed E-state index contributed by atoms with van der Waals surface area (Å²) in [6.07, 6.45) is 1.57. The number of likely N-dealkylation sites (N-methyl/N-ethyl adjacent to an activating group) is 1. The highest BCUT2D eigenvalue weighted by atomic mass is 19.1. The molecular formula is C13H18FNO2. The number of carboxylic acids is 1. The summed E-state index contributed by atoms with van der Waals surface area (Å²) in [4.78, 5) is 12.3. The van der Waals surface area contributed by atoms with E-state index in [1.54, 1.807) is 18.0 Å². The van der Waals surface area contributed by atoms with Crippen molar-refractivity contribution in [2.45, 2.75) is 25.8 Å². The van der Waals surface area contributed by atoms with E-state index in [2.05, 4.69) is 0 Å². The second-order valence-electron chi connectivity index (χ2n) is 4.33. The molecule has 1 aromatic carbocycles. The van der Waals surface area contributed by atoms with Crippen LogP contribution in [0.3, 0.4) is 0 Å². The van der Waals surface area contributed by atoms with Crippen LogP contribution in [0.4, 0.5) is 4.39 Å². The van der Waals surface area contributed by atoms with Gasteiger partial charge in [0.25, 0.3) is 0 Å². The zero-order chi connectivity index (χ0) is 12.8. The van der Waals surface area contributed by atoms with Gasteiger partial charge in [-0.25, -0.2) is 4.39 Å². The highest BCUT2D eigenvalue weighted by Crippen LogP contribution is 2.10. The average Bonchev–Trinajstić information content (AvgIpc) is 2.25. The van der Waals surface area contributed by atoms with Crippen LogP contribution in [0, 0.1) is 5.82 Å². The fraction of sp³-hybridized carbons (Fsp3) is 0.462. The van der Waals surface area contributed by atoms with E-state index in [-0.39, 0.29) is 18.4 Å². The summed E-state index contributed by atoms with van der Waals surface area (Å²) in [5.74, 6) is -1.06. The lowest BCUT2D eigenvalue weighted by Gasteiger charge is -2.22. The number of carboxylic acid groups (broad SMARTS) is 1. The molecule has 1 unspecified atom stereocenters. The van der Waals surface area contributed by atoms with Crippen molar-refractivity contribution >= 4 is 5.97 Å². The van der Waals surface area contributed by atoms with Gasteiger partial charge < -0.3 is 5.11 Å². The van der Waals surface area contributed by atoms with E-state index in [9.17, 15) is 9.18 Å². The van der Waals surface area contributed by atoms with Crippen LogP contribution in [-0.2, 0) is 11.2 Å². The van der Waals surface area contributed by atoms with Crippen molar-refractivity contribution in [2.75, 3.05) is 13.6 Å². The Kier molecular flexibility index (Phi) is 5.10. The minimum Gasteiger partial charge on any atom is -0.480 e. The van der Waals surface area contributed by atoms with Gasteiger partial charge in [-0.05, 0) is 44.5 Å². The number of aliphatic carboxylic acids is 1. The molecule has 0 bridgehead atoms. The Balaban J connectivity index is 2.42. The van der Waals surface area contributed by atoms with Gasteiger partial charge in [0.05, 0.1) is 6.54 Å². The van der Waals surface area contributed by atoms with E-state index in [4.69, 9.17) is 5.11 Å². The fourth-order valence-electron chi connectivity index (χ4n) is 1.66. The number of nitrogens with zero attached hydrogens (tertiary/aromatic N) is 1. The number of hydrogen-bond acceptors (Lipinski definition) is 2. The summed E-state index contributed by atoms with van der Waals surface area (Å²) in [6, 6.07) is 6.67. The molecular weight excluding hydrogens is 221 g/mol. The van der Waals surface area contributed by atoms with Crippen LogP contribution in [-0.4, -0.2) is 35.6 Å². The molecule has 0 fully saturated rings. The smallest absolute Gasteiger partial charge is 0.317 e. The van der Waals surface area contributed by atoms with Gasteiger partial charge in [-0.15, -0.1) is 0 Å². The molecule has 0 aromatic heterocycles. The van der Waals surface area contributed by atoms with E-state index in [1.807, 2.05) is 13.0 Å². The zero-order valence-corrected chi connectivity index (χ0v) is 10.2. The van der Waals surface area contributed by atoms with E-state index in [0.29, 0.717) is 0 Å². The first-order valence-electron chi connectivity index (χ1n) is 5.65. The van der Waals surface area contributed by atoms with Gasteiger partial charge in [0.1, 0.15) is 5.82 Å². The minimum atomic E-state index is -0.829. The van der Waals surface area contributed by atoms with Gasteiger partial charge >= 0.3 is 5.97 Å². The van der Waals surface area contributed by atoms with Crippen LogP contribution in [0.1, 0.15) is 18.9 Å². The largest absolute Gasteiger partial charge is 0.480 e. The van der Waals surface area contributed by atoms with E-state index in [1.165, 1.54) is 12.1 Å². The van der Waals surface area contributed by atoms with Gasteiger partial charge in [0.15, 0.2) is 0 Å². The topological polar surface area (TPSA) is 40.5 Å². The molecule has 17 heavy (non-hydrogen) atoms. The maximum atomic E-state index is 12.9. The molecule has 4 heteroatoms. The lowest BCUT2D eigenvalue weighted by atomic mass is 10.1. The molecule has 0 saturated heterocycles. The lowest BCUT2D eigenvalue weighted by molar-refractivity contribution is -0.138. The maximum absolute atomic E-state index is 12.9. The van der Waals surface area contributed by atoms with Crippen molar-refractivity contribution in [2.24, 2.45) is 0 Å². The van der Waals surface area contributed by atoms with Gasteiger partial charge in [-0.3, -0.25) is 9.69 Å². The van der Waals surface area contributed by atoms with Crippen LogP contribution in [0.25, 0.3) is 0 Å². The third kappa shape index (κ3) is 4.95. The van der Waals surface area contributed by atoms with E-state index < -0.39 is 5.97 Å². The third-order valence-corrected chi connectivity index (χ3v) is 2.88. The Morgan fingerprint density at radius 1 is 1.53 bits per heavy atom. The molecule has 1 atom stereocenters. The van der Waals surface area contributed by atoms with Crippen molar-refractivity contribution < 1.29 is 14.3 Å². The molecule has 0 spiro atoms. The molecule has 0 amide bonds. The van der Waals surface area contributed by atoms with Crippen LogP contribution in [0.2, 0.25) is 0 Å². The molecule has 3 nitrogen and oxygen atoms in total. The molecule has 1 aromatic rings. The molecule has 1 rings (SSSR count). The molecule has 0 heterocycles. The van der Waals surface area contributed by atoms with Crippen molar-refractivity contribution in [3.8, 4) is 0 Å². The van der Waals surface area contributed by atoms with Crippen molar-refractivity contribution in [1.82, 2.24) is 4.90 Å². The second kappa shape index (κ2) is 6.35. The first kappa shape index (κ1) is 13.6. The third-order valence-electron chi connectivity index (χ3n) is 2.88. The van der Waals surface area contributed by atoms with Gasteiger partial charge in [0.2, 0.25) is 0 Å². The van der Waals surface area contributed by atoms with Gasteiger partial charge in [-0.2, -0.15) is 0 Å². The molecule has 0 radical (unpaired) electrons. The Hall–Kier alpha value is -1.42. The molecule has 1 N–H and O–H groups in total. The summed E-state index contributed by atoms with van der Waals surface area (Å²) in [6.45, 7) is 2.01. The van der Waals surface area contributed by atoms with Crippen molar-refractivity contribution in [1.29, 1.82) is 0 Å². The van der Waals surface area contributed by atoms with E-state index >= 15 is 0 Å². The molecule has 0 saturated carbocycles. The van der Waals surface area contributed by atoms with Crippen LogP contribution < -0.4 is 0 Å². The maximum Gasteiger partial charge on any atom is 0.317 e. The normalized spacial score (nSPS) is 12.7. The number of rotatable bonds is 6. The Morgan fingerprint density at radius 2 is 2.24 bits per heavy atom. The molecule has 0 aliphatic carbocycles. The number of benzene rings is 1.